The number of rotatable bonds is 5. The van der Waals surface area contributed by atoms with Gasteiger partial charge in [0, 0.05) is 38.0 Å². The van der Waals surface area contributed by atoms with E-state index in [1.165, 1.54) is 33.7 Å². The van der Waals surface area contributed by atoms with Crippen molar-refractivity contribution in [3.05, 3.63) is 64.7 Å². The van der Waals surface area contributed by atoms with Gasteiger partial charge in [-0.15, -0.1) is 11.3 Å². The van der Waals surface area contributed by atoms with Crippen molar-refractivity contribution in [3.63, 3.8) is 0 Å². The van der Waals surface area contributed by atoms with Gasteiger partial charge in [-0.2, -0.15) is 0 Å². The average molecular weight is 406 g/mol. The zero-order chi connectivity index (χ0) is 19.8. The Labute approximate surface area is 176 Å². The lowest BCUT2D eigenvalue weighted by atomic mass is 9.96. The van der Waals surface area contributed by atoms with Gasteiger partial charge >= 0.3 is 0 Å². The molecule has 2 aromatic carbocycles. The van der Waals surface area contributed by atoms with Crippen LogP contribution in [0.4, 0.5) is 0 Å². The van der Waals surface area contributed by atoms with Crippen LogP contribution in [-0.4, -0.2) is 33.9 Å². The van der Waals surface area contributed by atoms with Crippen molar-refractivity contribution >= 4 is 27.5 Å². The number of nitrogens with one attached hydrogen (secondary N) is 1. The molecule has 4 nitrogen and oxygen atoms in total. The Kier molecular flexibility index (Phi) is 5.10. The summed E-state index contributed by atoms with van der Waals surface area (Å²) in [5, 5.41) is 4.31. The predicted octanol–water partition coefficient (Wildman–Crippen LogP) is 4.52. The SMILES string of the molecule is CC(=O)NC1C[C@H]2CC[C@@H](C1)N2Cc1ccc(Cc2nc3ccccc3s2)cc1. The third kappa shape index (κ3) is 4.07. The monoisotopic (exact) mass is 405 g/mol. The molecule has 3 aromatic rings. The van der Waals surface area contributed by atoms with Gasteiger partial charge in [-0.1, -0.05) is 36.4 Å². The lowest BCUT2D eigenvalue weighted by Gasteiger charge is -2.39. The van der Waals surface area contributed by atoms with E-state index in [1.807, 2.05) is 6.07 Å². The molecule has 2 fully saturated rings. The number of nitrogens with zero attached hydrogens (tertiary/aromatic N) is 2. The maximum absolute atomic E-state index is 11.4. The van der Waals surface area contributed by atoms with E-state index in [0.29, 0.717) is 18.1 Å². The number of fused-ring (bicyclic) bond motifs is 3. The molecule has 3 atom stereocenters. The molecule has 29 heavy (non-hydrogen) atoms. The summed E-state index contributed by atoms with van der Waals surface area (Å²) in [6, 6.07) is 19.0. The summed E-state index contributed by atoms with van der Waals surface area (Å²) in [6.07, 6.45) is 5.59. The van der Waals surface area contributed by atoms with Gasteiger partial charge in [0.15, 0.2) is 0 Å². The Bertz CT molecular complexity index is 965. The van der Waals surface area contributed by atoms with Crippen molar-refractivity contribution in [1.29, 1.82) is 0 Å². The number of thiazole rings is 1. The lowest BCUT2D eigenvalue weighted by molar-refractivity contribution is -0.120. The van der Waals surface area contributed by atoms with Crippen molar-refractivity contribution in [1.82, 2.24) is 15.2 Å². The molecular weight excluding hydrogens is 378 g/mol. The Morgan fingerprint density at radius 3 is 2.45 bits per heavy atom. The van der Waals surface area contributed by atoms with E-state index < -0.39 is 0 Å². The Hall–Kier alpha value is -2.24. The maximum Gasteiger partial charge on any atom is 0.217 e. The largest absolute Gasteiger partial charge is 0.353 e. The van der Waals surface area contributed by atoms with Crippen LogP contribution in [0.3, 0.4) is 0 Å². The van der Waals surface area contributed by atoms with Crippen molar-refractivity contribution in [3.8, 4) is 0 Å². The molecule has 2 aliphatic heterocycles. The van der Waals surface area contributed by atoms with Gasteiger partial charge in [0.2, 0.25) is 5.91 Å². The number of aromatic nitrogens is 1. The van der Waals surface area contributed by atoms with Crippen molar-refractivity contribution in [2.45, 2.75) is 63.7 Å². The highest BCUT2D eigenvalue weighted by molar-refractivity contribution is 7.18. The van der Waals surface area contributed by atoms with Gasteiger partial charge in [0.1, 0.15) is 0 Å². The second-order valence-corrected chi connectivity index (χ2v) is 9.61. The lowest BCUT2D eigenvalue weighted by Crippen LogP contribution is -2.49. The van der Waals surface area contributed by atoms with Gasteiger partial charge in [0.25, 0.3) is 0 Å². The molecule has 3 heterocycles. The van der Waals surface area contributed by atoms with Gasteiger partial charge in [-0.05, 0) is 48.9 Å². The fourth-order valence-electron chi connectivity index (χ4n) is 5.08. The molecule has 2 bridgehead atoms. The average Bonchev–Trinajstić information content (AvgIpc) is 3.20. The molecule has 1 amide bonds. The second kappa shape index (κ2) is 7.88. The van der Waals surface area contributed by atoms with Crippen molar-refractivity contribution in [2.75, 3.05) is 0 Å². The summed E-state index contributed by atoms with van der Waals surface area (Å²) in [4.78, 5) is 18.8. The molecule has 5 heteroatoms. The number of amides is 1. The van der Waals surface area contributed by atoms with Crippen LogP contribution in [0.1, 0.15) is 48.7 Å². The summed E-state index contributed by atoms with van der Waals surface area (Å²) in [7, 11) is 0. The van der Waals surface area contributed by atoms with Gasteiger partial charge < -0.3 is 5.32 Å². The molecule has 0 radical (unpaired) electrons. The molecule has 5 rings (SSSR count). The molecule has 2 aliphatic rings. The van der Waals surface area contributed by atoms with E-state index in [2.05, 4.69) is 52.7 Å². The summed E-state index contributed by atoms with van der Waals surface area (Å²) in [5.41, 5.74) is 3.80. The molecule has 0 saturated carbocycles. The number of carbonyl (C=O) groups excluding carboxylic acids is 1. The molecule has 150 valence electrons. The number of hydrogen-bond acceptors (Lipinski definition) is 4. The van der Waals surface area contributed by atoms with Crippen LogP contribution in [0.25, 0.3) is 10.2 Å². The van der Waals surface area contributed by atoms with Crippen molar-refractivity contribution < 1.29 is 4.79 Å². The van der Waals surface area contributed by atoms with Gasteiger partial charge in [-0.3, -0.25) is 9.69 Å². The second-order valence-electron chi connectivity index (χ2n) is 8.49. The fourth-order valence-corrected chi connectivity index (χ4v) is 6.08. The first-order valence-corrected chi connectivity index (χ1v) is 11.4. The van der Waals surface area contributed by atoms with Crippen LogP contribution in [0.15, 0.2) is 48.5 Å². The summed E-state index contributed by atoms with van der Waals surface area (Å²) < 4.78 is 1.26. The molecule has 0 aliphatic carbocycles. The van der Waals surface area contributed by atoms with Crippen LogP contribution in [-0.2, 0) is 17.8 Å². The van der Waals surface area contributed by atoms with Crippen LogP contribution in [0.2, 0.25) is 0 Å². The summed E-state index contributed by atoms with van der Waals surface area (Å²) in [5.74, 6) is 0.103. The van der Waals surface area contributed by atoms with Crippen LogP contribution < -0.4 is 5.32 Å². The Balaban J connectivity index is 1.22. The highest BCUT2D eigenvalue weighted by atomic mass is 32.1. The third-order valence-corrected chi connectivity index (χ3v) is 7.41. The number of benzene rings is 2. The van der Waals surface area contributed by atoms with E-state index in [-0.39, 0.29) is 5.91 Å². The van der Waals surface area contributed by atoms with Gasteiger partial charge in [0.05, 0.1) is 15.2 Å². The maximum atomic E-state index is 11.4. The van der Waals surface area contributed by atoms with E-state index in [1.54, 1.807) is 18.3 Å². The molecule has 1 unspecified atom stereocenters. The highest BCUT2D eigenvalue weighted by Gasteiger charge is 2.40. The molecule has 2 saturated heterocycles. The standard InChI is InChI=1S/C24H27N3OS/c1-16(28)25-19-13-20-10-11-21(14-19)27(20)15-18-8-6-17(7-9-18)12-24-26-22-4-2-3-5-23(22)29-24/h2-9,19-21H,10-15H2,1H3,(H,25,28)/t19?,20-,21+. The van der Waals surface area contributed by atoms with Crippen molar-refractivity contribution in [2.24, 2.45) is 0 Å². The first-order chi connectivity index (χ1) is 14.1. The predicted molar refractivity (Wildman–Crippen MR) is 118 cm³/mol. The molecule has 1 N–H and O–H groups in total. The number of hydrogen-bond donors (Lipinski definition) is 1. The minimum Gasteiger partial charge on any atom is -0.353 e. The Morgan fingerprint density at radius 2 is 1.76 bits per heavy atom. The van der Waals surface area contributed by atoms with E-state index in [4.69, 9.17) is 4.98 Å². The number of piperidine rings is 1. The van der Waals surface area contributed by atoms with Crippen LogP contribution in [0.5, 0.6) is 0 Å². The molecular formula is C24H27N3OS. The van der Waals surface area contributed by atoms with Crippen LogP contribution >= 0.6 is 11.3 Å². The molecule has 0 spiro atoms. The first kappa shape index (κ1) is 18.8. The quantitative estimate of drug-likeness (QED) is 0.679. The zero-order valence-electron chi connectivity index (χ0n) is 16.8. The van der Waals surface area contributed by atoms with E-state index in [9.17, 15) is 4.79 Å². The Morgan fingerprint density at radius 1 is 1.07 bits per heavy atom. The topological polar surface area (TPSA) is 45.2 Å². The number of carbonyl (C=O) groups is 1. The minimum absolute atomic E-state index is 0.103. The van der Waals surface area contributed by atoms with Crippen LogP contribution in [0, 0.1) is 0 Å². The number of para-hydroxylation sites is 1. The first-order valence-electron chi connectivity index (χ1n) is 10.6. The normalized spacial score (nSPS) is 24.1. The molecule has 1 aromatic heterocycles. The van der Waals surface area contributed by atoms with E-state index in [0.717, 1.165) is 31.3 Å². The van der Waals surface area contributed by atoms with E-state index >= 15 is 0 Å². The summed E-state index contributed by atoms with van der Waals surface area (Å²) in [6.45, 7) is 2.65. The smallest absolute Gasteiger partial charge is 0.217 e. The fraction of sp³-hybridized carbons (Fsp3) is 0.417. The summed E-state index contributed by atoms with van der Waals surface area (Å²) >= 11 is 1.79. The zero-order valence-corrected chi connectivity index (χ0v) is 17.6. The third-order valence-electron chi connectivity index (χ3n) is 6.37. The van der Waals surface area contributed by atoms with Gasteiger partial charge in [-0.25, -0.2) is 4.98 Å². The minimum atomic E-state index is 0.103. The highest BCUT2D eigenvalue weighted by Crippen LogP contribution is 2.37.